The van der Waals surface area contributed by atoms with Crippen LogP contribution in [0.5, 0.6) is 5.75 Å². The number of carbonyl (C=O) groups is 1. The number of nitrogens with one attached hydrogen (secondary N) is 1. The summed E-state index contributed by atoms with van der Waals surface area (Å²) in [5.41, 5.74) is 1.14. The van der Waals surface area contributed by atoms with Gasteiger partial charge in [-0.25, -0.2) is 18.0 Å². The molecule has 1 unspecified atom stereocenters. The molecule has 1 atom stereocenters. The molecule has 5 aromatic carbocycles. The van der Waals surface area contributed by atoms with E-state index in [1.165, 1.54) is 32.3 Å². The van der Waals surface area contributed by atoms with Crippen LogP contribution in [0.4, 0.5) is 27.6 Å². The molecule has 5 rings (SSSR count). The van der Waals surface area contributed by atoms with Crippen molar-refractivity contribution < 1.29 is 55.2 Å². The molecular weight excluding hydrogens is 665 g/mol. The van der Waals surface area contributed by atoms with Crippen LogP contribution in [0.1, 0.15) is 19.8 Å². The number of benzene rings is 5. The zero-order chi connectivity index (χ0) is 35.5. The van der Waals surface area contributed by atoms with Crippen LogP contribution in [0.15, 0.2) is 54.6 Å². The van der Waals surface area contributed by atoms with E-state index in [4.69, 9.17) is 23.7 Å². The van der Waals surface area contributed by atoms with E-state index in [1.807, 2.05) is 0 Å². The molecule has 0 spiro atoms. The number of rotatable bonds is 21. The fourth-order valence-electron chi connectivity index (χ4n) is 5.54. The van der Waals surface area contributed by atoms with Crippen molar-refractivity contribution in [3.8, 4) is 5.75 Å². The number of anilines is 1. The second kappa shape index (κ2) is 18.2. The zero-order valence-corrected chi connectivity index (χ0v) is 27.5. The average Bonchev–Trinajstić information content (AvgIpc) is 3.12. The number of carbonyl (C=O) groups excluding carboxylic acids is 1. The first kappa shape index (κ1) is 37.1. The second-order valence-corrected chi connectivity index (χ2v) is 11.5. The highest BCUT2D eigenvalue weighted by Gasteiger charge is 2.28. The van der Waals surface area contributed by atoms with Gasteiger partial charge < -0.3 is 33.7 Å². The third-order valence-corrected chi connectivity index (χ3v) is 7.95. The predicted octanol–water partition coefficient (Wildman–Crippen LogP) is 7.55. The maximum atomic E-state index is 13.6. The number of hydrogen-bond donors (Lipinski definition) is 1. The highest BCUT2D eigenvalue weighted by molar-refractivity contribution is 6.25. The van der Waals surface area contributed by atoms with Crippen LogP contribution in [0.25, 0.3) is 32.3 Å². The van der Waals surface area contributed by atoms with Gasteiger partial charge in [0.25, 0.3) is 0 Å². The molecule has 0 saturated heterocycles. The van der Waals surface area contributed by atoms with Gasteiger partial charge in [-0.2, -0.15) is 8.78 Å². The minimum absolute atomic E-state index is 0.0574. The van der Waals surface area contributed by atoms with E-state index in [0.717, 1.165) is 18.5 Å². The summed E-state index contributed by atoms with van der Waals surface area (Å²) in [6.45, 7) is 4.17. The Bertz CT molecular complexity index is 1830. The topological polar surface area (TPSA) is 84.5 Å². The van der Waals surface area contributed by atoms with Gasteiger partial charge in [-0.05, 0) is 52.8 Å². The van der Waals surface area contributed by atoms with Crippen molar-refractivity contribution in [1.82, 2.24) is 0 Å². The Morgan fingerprint density at radius 2 is 1.08 bits per heavy atom. The molecule has 1 N–H and O–H groups in total. The standard InChI is InChI=1S/C37H38F5NO7/c1-23(43-28-12-10-26-8-7-24-5-2-6-25-9-11-27(28)31(26)30(24)25)4-3-13-45-14-15-46-16-17-47-18-19-48-20-21-49-22-29(44)50-37-35(41)33(39)32(38)34(40)36(37)42/h2,5-12,23,43H,3-4,13-22H2,1H3. The summed E-state index contributed by atoms with van der Waals surface area (Å²) in [4.78, 5) is 11.6. The van der Waals surface area contributed by atoms with Gasteiger partial charge in [-0.3, -0.25) is 0 Å². The van der Waals surface area contributed by atoms with E-state index in [2.05, 4.69) is 71.6 Å². The van der Waals surface area contributed by atoms with Gasteiger partial charge in [0.1, 0.15) is 6.61 Å². The third kappa shape index (κ3) is 9.34. The van der Waals surface area contributed by atoms with Crippen LogP contribution in [0, 0.1) is 29.1 Å². The third-order valence-electron chi connectivity index (χ3n) is 7.95. The van der Waals surface area contributed by atoms with E-state index in [-0.39, 0.29) is 32.5 Å². The summed E-state index contributed by atoms with van der Waals surface area (Å²) in [6, 6.07) is 19.8. The lowest BCUT2D eigenvalue weighted by Gasteiger charge is -2.19. The fourth-order valence-corrected chi connectivity index (χ4v) is 5.54. The van der Waals surface area contributed by atoms with Gasteiger partial charge in [0.15, 0.2) is 0 Å². The first-order valence-corrected chi connectivity index (χ1v) is 16.3. The normalized spacial score (nSPS) is 12.4. The predicted molar refractivity (Wildman–Crippen MR) is 178 cm³/mol. The van der Waals surface area contributed by atoms with Crippen molar-refractivity contribution in [3.63, 3.8) is 0 Å². The van der Waals surface area contributed by atoms with Crippen molar-refractivity contribution >= 4 is 44.0 Å². The number of esters is 1. The van der Waals surface area contributed by atoms with Gasteiger partial charge in [0, 0.05) is 23.7 Å². The Morgan fingerprint density at radius 3 is 1.68 bits per heavy atom. The van der Waals surface area contributed by atoms with Crippen molar-refractivity contribution in [1.29, 1.82) is 0 Å². The van der Waals surface area contributed by atoms with Gasteiger partial charge in [-0.15, -0.1) is 0 Å². The molecule has 268 valence electrons. The molecule has 0 saturated carbocycles. The first-order chi connectivity index (χ1) is 24.3. The van der Waals surface area contributed by atoms with Crippen molar-refractivity contribution in [2.45, 2.75) is 25.8 Å². The lowest BCUT2D eigenvalue weighted by Crippen LogP contribution is -2.20. The summed E-state index contributed by atoms with van der Waals surface area (Å²) in [6.07, 6.45) is 1.87. The van der Waals surface area contributed by atoms with Crippen molar-refractivity contribution in [2.75, 3.05) is 71.4 Å². The molecular formula is C37H38F5NO7. The summed E-state index contributed by atoms with van der Waals surface area (Å²) in [5, 5.41) is 11.3. The zero-order valence-electron chi connectivity index (χ0n) is 27.5. The minimum atomic E-state index is -2.35. The van der Waals surface area contributed by atoms with Crippen LogP contribution in [-0.4, -0.2) is 78.1 Å². The summed E-state index contributed by atoms with van der Waals surface area (Å²) < 4.78 is 97.6. The van der Waals surface area contributed by atoms with E-state index in [9.17, 15) is 26.7 Å². The number of halogens is 5. The second-order valence-electron chi connectivity index (χ2n) is 11.5. The van der Waals surface area contributed by atoms with E-state index in [0.29, 0.717) is 33.0 Å². The first-order valence-electron chi connectivity index (χ1n) is 16.3. The highest BCUT2D eigenvalue weighted by atomic mass is 19.2. The molecule has 0 amide bonds. The van der Waals surface area contributed by atoms with Crippen molar-refractivity contribution in [3.05, 3.63) is 83.7 Å². The van der Waals surface area contributed by atoms with Gasteiger partial charge in [-0.1, -0.05) is 48.5 Å². The average molecular weight is 704 g/mol. The molecule has 0 radical (unpaired) electrons. The lowest BCUT2D eigenvalue weighted by atomic mass is 9.93. The number of ether oxygens (including phenoxy) is 6. The summed E-state index contributed by atoms with van der Waals surface area (Å²) in [7, 11) is 0. The molecule has 13 heteroatoms. The fraction of sp³-hybridized carbons (Fsp3) is 0.378. The lowest BCUT2D eigenvalue weighted by molar-refractivity contribution is -0.140. The largest absolute Gasteiger partial charge is 0.418 e. The Balaban J connectivity index is 0.837. The van der Waals surface area contributed by atoms with Crippen LogP contribution in [0.2, 0.25) is 0 Å². The van der Waals surface area contributed by atoms with Gasteiger partial charge >= 0.3 is 5.97 Å². The Kier molecular flexibility index (Phi) is 13.5. The van der Waals surface area contributed by atoms with Crippen LogP contribution < -0.4 is 10.1 Å². The Labute approximate surface area is 285 Å². The summed E-state index contributed by atoms with van der Waals surface area (Å²) in [5.74, 6) is -14.3. The van der Waals surface area contributed by atoms with Crippen LogP contribution in [-0.2, 0) is 28.5 Å². The van der Waals surface area contributed by atoms with E-state index < -0.39 is 47.4 Å². The molecule has 5 aromatic rings. The quantitative estimate of drug-likeness (QED) is 0.0160. The molecule has 0 fully saturated rings. The monoisotopic (exact) mass is 703 g/mol. The molecule has 8 nitrogen and oxygen atoms in total. The van der Waals surface area contributed by atoms with Gasteiger partial charge in [0.05, 0.1) is 52.9 Å². The SMILES string of the molecule is CC(CCCOCCOCCOCCOCCOCC(=O)Oc1c(F)c(F)c(F)c(F)c1F)Nc1ccc2ccc3cccc4ccc1c2c34. The van der Waals surface area contributed by atoms with Crippen LogP contribution in [0.3, 0.4) is 0 Å². The Hall–Kier alpha value is -4.14. The molecule has 0 aliphatic carbocycles. The molecule has 0 aromatic heterocycles. The maximum absolute atomic E-state index is 13.6. The van der Waals surface area contributed by atoms with E-state index in [1.54, 1.807) is 0 Å². The van der Waals surface area contributed by atoms with Crippen molar-refractivity contribution in [2.24, 2.45) is 0 Å². The molecule has 0 aliphatic heterocycles. The summed E-state index contributed by atoms with van der Waals surface area (Å²) >= 11 is 0. The molecule has 0 aliphatic rings. The number of hydrogen-bond acceptors (Lipinski definition) is 8. The smallest absolute Gasteiger partial charge is 0.337 e. The Morgan fingerprint density at radius 1 is 0.600 bits per heavy atom. The minimum Gasteiger partial charge on any atom is -0.418 e. The molecule has 50 heavy (non-hydrogen) atoms. The molecule has 0 heterocycles. The van der Waals surface area contributed by atoms with E-state index >= 15 is 0 Å². The highest BCUT2D eigenvalue weighted by Crippen LogP contribution is 2.38. The maximum Gasteiger partial charge on any atom is 0.337 e. The molecule has 0 bridgehead atoms. The van der Waals surface area contributed by atoms with Crippen LogP contribution >= 0.6 is 0 Å². The van der Waals surface area contributed by atoms with Gasteiger partial charge in [0.2, 0.25) is 34.8 Å².